The van der Waals surface area contributed by atoms with Crippen molar-refractivity contribution >= 4 is 27.4 Å². The van der Waals surface area contributed by atoms with Crippen molar-refractivity contribution < 1.29 is 13.2 Å². The highest BCUT2D eigenvalue weighted by Crippen LogP contribution is 2.30. The van der Waals surface area contributed by atoms with Gasteiger partial charge in [0.25, 0.3) is 0 Å². The van der Waals surface area contributed by atoms with E-state index < -0.39 is 10.0 Å². The number of carbonyl (C=O) groups excluding carboxylic acids is 1. The number of nitrogens with zero attached hydrogens (tertiary/aromatic N) is 2. The van der Waals surface area contributed by atoms with Crippen molar-refractivity contribution in [2.75, 3.05) is 23.7 Å². The number of pyridine rings is 1. The third-order valence-corrected chi connectivity index (χ3v) is 6.73. The summed E-state index contributed by atoms with van der Waals surface area (Å²) in [5.41, 5.74) is 1.78. The number of anilines is 2. The number of nitrogens with one attached hydrogen (secondary N) is 2. The average Bonchev–Trinajstić information content (AvgIpc) is 3.53. The number of rotatable bonds is 9. The lowest BCUT2D eigenvalue weighted by molar-refractivity contribution is -0.117. The number of amides is 1. The Morgan fingerprint density at radius 2 is 1.93 bits per heavy atom. The van der Waals surface area contributed by atoms with Gasteiger partial charge >= 0.3 is 0 Å². The quantitative estimate of drug-likeness (QED) is 0.673. The van der Waals surface area contributed by atoms with Crippen LogP contribution < -0.4 is 10.6 Å². The van der Waals surface area contributed by atoms with Crippen molar-refractivity contribution in [3.63, 3.8) is 0 Å². The van der Waals surface area contributed by atoms with Crippen LogP contribution >= 0.6 is 0 Å². The first-order valence-corrected chi connectivity index (χ1v) is 11.0. The Bertz CT molecular complexity index is 921. The number of benzene rings is 1. The molecule has 1 aromatic carbocycles. The second-order valence-corrected chi connectivity index (χ2v) is 8.72. The van der Waals surface area contributed by atoms with Crippen molar-refractivity contribution in [2.24, 2.45) is 5.92 Å². The Hall–Kier alpha value is -2.45. The lowest BCUT2D eigenvalue weighted by atomic mass is 10.2. The highest BCUT2D eigenvalue weighted by atomic mass is 32.2. The fourth-order valence-electron chi connectivity index (χ4n) is 2.89. The maximum absolute atomic E-state index is 12.5. The van der Waals surface area contributed by atoms with E-state index in [4.69, 9.17) is 0 Å². The highest BCUT2D eigenvalue weighted by molar-refractivity contribution is 7.89. The highest BCUT2D eigenvalue weighted by Gasteiger charge is 2.29. The van der Waals surface area contributed by atoms with Gasteiger partial charge in [0.05, 0.1) is 0 Å². The molecule has 1 amide bonds. The number of aromatic nitrogens is 1. The van der Waals surface area contributed by atoms with Crippen LogP contribution in [0.25, 0.3) is 0 Å². The van der Waals surface area contributed by atoms with Gasteiger partial charge in [-0.05, 0) is 42.7 Å². The molecule has 3 rings (SSSR count). The van der Waals surface area contributed by atoms with Gasteiger partial charge in [-0.15, -0.1) is 0 Å². The molecule has 1 aliphatic rings. The normalized spacial score (nSPS) is 14.1. The van der Waals surface area contributed by atoms with Crippen molar-refractivity contribution in [3.05, 3.63) is 48.2 Å². The van der Waals surface area contributed by atoms with E-state index >= 15 is 0 Å². The maximum Gasteiger partial charge on any atom is 0.244 e. The van der Waals surface area contributed by atoms with Crippen LogP contribution in [0.3, 0.4) is 0 Å². The fourth-order valence-corrected chi connectivity index (χ4v) is 4.30. The summed E-state index contributed by atoms with van der Waals surface area (Å²) >= 11 is 0. The molecule has 2 aromatic rings. The minimum absolute atomic E-state index is 0.0803. The Balaban J connectivity index is 1.61. The van der Waals surface area contributed by atoms with E-state index in [2.05, 4.69) is 15.6 Å². The Kier molecular flexibility index (Phi) is 6.31. The summed E-state index contributed by atoms with van der Waals surface area (Å²) in [6.45, 7) is 4.98. The number of hydrogen-bond donors (Lipinski definition) is 2. The number of hydrogen-bond acceptors (Lipinski definition) is 5. The largest absolute Gasteiger partial charge is 0.366 e. The molecule has 1 fully saturated rings. The van der Waals surface area contributed by atoms with Crippen LogP contribution in [0.4, 0.5) is 11.5 Å². The van der Waals surface area contributed by atoms with E-state index in [0.29, 0.717) is 25.5 Å². The van der Waals surface area contributed by atoms with E-state index in [0.717, 1.165) is 24.1 Å². The summed E-state index contributed by atoms with van der Waals surface area (Å²) in [6, 6.07) is 10.9. The van der Waals surface area contributed by atoms with Crippen molar-refractivity contribution in [1.82, 2.24) is 9.29 Å². The first-order chi connectivity index (χ1) is 13.4. The average molecular weight is 403 g/mol. The molecular formula is C20H26N4O3S. The number of carbonyl (C=O) groups is 1. The predicted molar refractivity (Wildman–Crippen MR) is 109 cm³/mol. The molecule has 0 bridgehead atoms. The molecule has 1 aliphatic carbocycles. The summed E-state index contributed by atoms with van der Waals surface area (Å²) in [7, 11) is -3.50. The van der Waals surface area contributed by atoms with Crippen LogP contribution in [-0.2, 0) is 21.4 Å². The van der Waals surface area contributed by atoms with Gasteiger partial charge in [-0.2, -0.15) is 4.31 Å². The zero-order chi connectivity index (χ0) is 20.1. The SMILES string of the molecule is CCN(CC)S(=O)(=O)c1ccc(NCc2cccc(NC(=O)C3CC3)c2)nc1. The minimum atomic E-state index is -3.50. The second kappa shape index (κ2) is 8.70. The van der Waals surface area contributed by atoms with Crippen molar-refractivity contribution in [3.8, 4) is 0 Å². The monoisotopic (exact) mass is 402 g/mol. The molecule has 0 radical (unpaired) electrons. The molecule has 0 aliphatic heterocycles. The molecule has 0 spiro atoms. The Morgan fingerprint density at radius 3 is 2.54 bits per heavy atom. The van der Waals surface area contributed by atoms with Crippen LogP contribution in [0.2, 0.25) is 0 Å². The van der Waals surface area contributed by atoms with Crippen molar-refractivity contribution in [1.29, 1.82) is 0 Å². The molecular weight excluding hydrogens is 376 g/mol. The minimum Gasteiger partial charge on any atom is -0.366 e. The van der Waals surface area contributed by atoms with Crippen LogP contribution in [-0.4, -0.2) is 36.7 Å². The van der Waals surface area contributed by atoms with Gasteiger partial charge in [0.1, 0.15) is 10.7 Å². The van der Waals surface area contributed by atoms with Crippen LogP contribution in [0.1, 0.15) is 32.3 Å². The first-order valence-electron chi connectivity index (χ1n) is 9.54. The zero-order valence-corrected chi connectivity index (χ0v) is 17.0. The molecule has 0 atom stereocenters. The molecule has 2 N–H and O–H groups in total. The summed E-state index contributed by atoms with van der Waals surface area (Å²) < 4.78 is 26.4. The molecule has 1 saturated carbocycles. The van der Waals surface area contributed by atoms with E-state index in [-0.39, 0.29) is 16.7 Å². The summed E-state index contributed by atoms with van der Waals surface area (Å²) in [4.78, 5) is 16.3. The maximum atomic E-state index is 12.5. The molecule has 1 aromatic heterocycles. The topological polar surface area (TPSA) is 91.4 Å². The predicted octanol–water partition coefficient (Wildman–Crippen LogP) is 3.07. The van der Waals surface area contributed by atoms with Crippen molar-refractivity contribution in [2.45, 2.75) is 38.1 Å². The lowest BCUT2D eigenvalue weighted by Crippen LogP contribution is -2.30. The lowest BCUT2D eigenvalue weighted by Gasteiger charge is -2.18. The van der Waals surface area contributed by atoms with E-state index in [1.165, 1.54) is 10.5 Å². The molecule has 0 unspecified atom stereocenters. The van der Waals surface area contributed by atoms with Gasteiger partial charge < -0.3 is 10.6 Å². The Morgan fingerprint density at radius 1 is 1.18 bits per heavy atom. The third kappa shape index (κ3) is 4.88. The molecule has 150 valence electrons. The van der Waals surface area contributed by atoms with Gasteiger partial charge in [-0.25, -0.2) is 13.4 Å². The molecule has 28 heavy (non-hydrogen) atoms. The van der Waals surface area contributed by atoms with Gasteiger partial charge in [-0.1, -0.05) is 26.0 Å². The van der Waals surface area contributed by atoms with Gasteiger partial charge in [0.2, 0.25) is 15.9 Å². The second-order valence-electron chi connectivity index (χ2n) is 6.79. The van der Waals surface area contributed by atoms with E-state index in [1.54, 1.807) is 12.1 Å². The summed E-state index contributed by atoms with van der Waals surface area (Å²) in [5.74, 6) is 0.833. The van der Waals surface area contributed by atoms with Crippen LogP contribution in [0, 0.1) is 5.92 Å². The van der Waals surface area contributed by atoms with E-state index in [1.807, 2.05) is 38.1 Å². The molecule has 1 heterocycles. The first kappa shape index (κ1) is 20.3. The summed E-state index contributed by atoms with van der Waals surface area (Å²) in [6.07, 6.45) is 3.32. The van der Waals surface area contributed by atoms with Gasteiger partial charge in [0.15, 0.2) is 0 Å². The molecule has 7 nitrogen and oxygen atoms in total. The van der Waals surface area contributed by atoms with Gasteiger partial charge in [0, 0.05) is 37.4 Å². The fraction of sp³-hybridized carbons (Fsp3) is 0.400. The van der Waals surface area contributed by atoms with E-state index in [9.17, 15) is 13.2 Å². The third-order valence-electron chi connectivity index (χ3n) is 4.70. The smallest absolute Gasteiger partial charge is 0.244 e. The number of sulfonamides is 1. The molecule has 8 heteroatoms. The van der Waals surface area contributed by atoms with Crippen LogP contribution in [0.15, 0.2) is 47.5 Å². The zero-order valence-electron chi connectivity index (χ0n) is 16.2. The Labute approximate surface area is 166 Å². The molecule has 0 saturated heterocycles. The summed E-state index contributed by atoms with van der Waals surface area (Å²) in [5, 5.41) is 6.11. The standard InChI is InChI=1S/C20H26N4O3S/c1-3-24(4-2)28(26,27)18-10-11-19(22-14-18)21-13-15-6-5-7-17(12-15)23-20(25)16-8-9-16/h5-7,10-12,14,16H,3-4,8-9,13H2,1-2H3,(H,21,22)(H,23,25). The van der Waals surface area contributed by atoms with Crippen LogP contribution in [0.5, 0.6) is 0 Å². The van der Waals surface area contributed by atoms with Gasteiger partial charge in [-0.3, -0.25) is 4.79 Å².